The number of carbonyl (C=O) groups excluding carboxylic acids is 2. The topological polar surface area (TPSA) is 83.6 Å². The van der Waals surface area contributed by atoms with Crippen LogP contribution in [-0.2, 0) is 21.1 Å². The lowest BCUT2D eigenvalue weighted by atomic mass is 9.91. The monoisotopic (exact) mass is 470 g/mol. The molecule has 2 unspecified atom stereocenters. The standard InChI is InChI=1S/C26H34N2O4S/c1-19-14-20(2)17-28(16-19)26(30)23-12-11-21(3)24(15-23)27-25(29)18-33(31,32)13-7-10-22-8-5-4-6-9-22/h4-6,8-9,11-12,15,19-20H,7,10,13-14,16-18H2,1-3H3,(H,27,29). The molecular weight excluding hydrogens is 436 g/mol. The van der Waals surface area contributed by atoms with Crippen LogP contribution in [0.15, 0.2) is 48.5 Å². The van der Waals surface area contributed by atoms with Gasteiger partial charge >= 0.3 is 0 Å². The first-order chi connectivity index (χ1) is 15.6. The van der Waals surface area contributed by atoms with E-state index in [0.717, 1.165) is 30.6 Å². The number of hydrogen-bond donors (Lipinski definition) is 1. The molecule has 0 radical (unpaired) electrons. The summed E-state index contributed by atoms with van der Waals surface area (Å²) in [5, 5.41) is 2.70. The van der Waals surface area contributed by atoms with Crippen LogP contribution >= 0.6 is 0 Å². The molecule has 33 heavy (non-hydrogen) atoms. The third-order valence-electron chi connectivity index (χ3n) is 6.03. The lowest BCUT2D eigenvalue weighted by Crippen LogP contribution is -2.42. The fraction of sp³-hybridized carbons (Fsp3) is 0.462. The molecule has 0 bridgehead atoms. The van der Waals surface area contributed by atoms with E-state index in [-0.39, 0.29) is 11.7 Å². The van der Waals surface area contributed by atoms with E-state index in [9.17, 15) is 18.0 Å². The maximum Gasteiger partial charge on any atom is 0.253 e. The third-order valence-corrected chi connectivity index (χ3v) is 7.64. The summed E-state index contributed by atoms with van der Waals surface area (Å²) >= 11 is 0. The minimum atomic E-state index is -3.53. The molecular formula is C26H34N2O4S. The van der Waals surface area contributed by atoms with Gasteiger partial charge in [-0.1, -0.05) is 50.2 Å². The van der Waals surface area contributed by atoms with Gasteiger partial charge in [-0.2, -0.15) is 0 Å². The highest BCUT2D eigenvalue weighted by Crippen LogP contribution is 2.24. The van der Waals surface area contributed by atoms with Crippen molar-refractivity contribution in [3.63, 3.8) is 0 Å². The minimum Gasteiger partial charge on any atom is -0.338 e. The number of sulfone groups is 1. The number of nitrogens with zero attached hydrogens (tertiary/aromatic N) is 1. The maximum atomic E-state index is 13.0. The highest BCUT2D eigenvalue weighted by Gasteiger charge is 2.26. The van der Waals surface area contributed by atoms with Gasteiger partial charge in [0.1, 0.15) is 5.75 Å². The molecule has 0 aromatic heterocycles. The van der Waals surface area contributed by atoms with Crippen LogP contribution in [0.5, 0.6) is 0 Å². The van der Waals surface area contributed by atoms with Gasteiger partial charge in [0.15, 0.2) is 9.84 Å². The van der Waals surface area contributed by atoms with Crippen molar-refractivity contribution in [2.24, 2.45) is 11.8 Å². The number of carbonyl (C=O) groups is 2. The van der Waals surface area contributed by atoms with Crippen LogP contribution in [-0.4, -0.2) is 49.7 Å². The first kappa shape index (κ1) is 25.0. The molecule has 7 heteroatoms. The van der Waals surface area contributed by atoms with E-state index in [1.54, 1.807) is 18.2 Å². The van der Waals surface area contributed by atoms with Crippen LogP contribution in [0.3, 0.4) is 0 Å². The zero-order valence-electron chi connectivity index (χ0n) is 19.7. The molecule has 1 heterocycles. The number of aryl methyl sites for hydroxylation is 2. The Labute approximate surface area is 197 Å². The molecule has 3 rings (SSSR count). The Morgan fingerprint density at radius 2 is 1.70 bits per heavy atom. The first-order valence-corrected chi connectivity index (χ1v) is 13.4. The largest absolute Gasteiger partial charge is 0.338 e. The molecule has 6 nitrogen and oxygen atoms in total. The predicted octanol–water partition coefficient (Wildman–Crippen LogP) is 4.10. The summed E-state index contributed by atoms with van der Waals surface area (Å²) < 4.78 is 24.9. The van der Waals surface area contributed by atoms with Gasteiger partial charge in [0, 0.05) is 24.3 Å². The highest BCUT2D eigenvalue weighted by atomic mass is 32.2. The van der Waals surface area contributed by atoms with Crippen LogP contribution in [0.4, 0.5) is 5.69 Å². The molecule has 2 amide bonds. The summed E-state index contributed by atoms with van der Waals surface area (Å²) in [6.07, 6.45) is 2.23. The van der Waals surface area contributed by atoms with Gasteiger partial charge in [0.2, 0.25) is 5.91 Å². The summed E-state index contributed by atoms with van der Waals surface area (Å²) in [6, 6.07) is 14.9. The van der Waals surface area contributed by atoms with Gasteiger partial charge in [-0.3, -0.25) is 9.59 Å². The summed E-state index contributed by atoms with van der Waals surface area (Å²) in [5.41, 5.74) is 2.83. The van der Waals surface area contributed by atoms with Crippen molar-refractivity contribution in [3.05, 3.63) is 65.2 Å². The number of hydrogen-bond acceptors (Lipinski definition) is 4. The number of likely N-dealkylation sites (tertiary alicyclic amines) is 1. The minimum absolute atomic E-state index is 0.0435. The molecule has 0 saturated carbocycles. The molecule has 1 fully saturated rings. The third kappa shape index (κ3) is 7.42. The Bertz CT molecular complexity index is 1070. The molecule has 178 valence electrons. The normalized spacial score (nSPS) is 18.7. The zero-order chi connectivity index (χ0) is 24.0. The Hall–Kier alpha value is -2.67. The Kier molecular flexibility index (Phi) is 8.30. The quantitative estimate of drug-likeness (QED) is 0.630. The number of amides is 2. The second kappa shape index (κ2) is 11.0. The first-order valence-electron chi connectivity index (χ1n) is 11.6. The summed E-state index contributed by atoms with van der Waals surface area (Å²) in [6.45, 7) is 7.57. The van der Waals surface area contributed by atoms with Gasteiger partial charge in [0.25, 0.3) is 5.91 Å². The van der Waals surface area contributed by atoms with Crippen LogP contribution in [0.1, 0.15) is 48.2 Å². The fourth-order valence-corrected chi connectivity index (χ4v) is 5.70. The maximum absolute atomic E-state index is 13.0. The van der Waals surface area contributed by atoms with Crippen molar-refractivity contribution >= 4 is 27.3 Å². The smallest absolute Gasteiger partial charge is 0.253 e. The van der Waals surface area contributed by atoms with E-state index in [1.165, 1.54) is 0 Å². The van der Waals surface area contributed by atoms with Crippen LogP contribution in [0.2, 0.25) is 0 Å². The molecule has 2 aromatic carbocycles. The van der Waals surface area contributed by atoms with Crippen LogP contribution < -0.4 is 5.32 Å². The van der Waals surface area contributed by atoms with Crippen LogP contribution in [0.25, 0.3) is 0 Å². The number of rotatable bonds is 8. The molecule has 1 N–H and O–H groups in total. The number of nitrogens with one attached hydrogen (secondary N) is 1. The number of piperidine rings is 1. The van der Waals surface area contributed by atoms with E-state index >= 15 is 0 Å². The van der Waals surface area contributed by atoms with Crippen molar-refractivity contribution in [3.8, 4) is 0 Å². The summed E-state index contributed by atoms with van der Waals surface area (Å²) in [4.78, 5) is 27.4. The van der Waals surface area contributed by atoms with Crippen molar-refractivity contribution in [1.29, 1.82) is 0 Å². The number of benzene rings is 2. The second-order valence-corrected chi connectivity index (χ2v) is 11.6. The Morgan fingerprint density at radius 3 is 2.36 bits per heavy atom. The van der Waals surface area contributed by atoms with Gasteiger partial charge in [0.05, 0.1) is 5.75 Å². The zero-order valence-corrected chi connectivity index (χ0v) is 20.5. The lowest BCUT2D eigenvalue weighted by molar-refractivity contribution is -0.113. The van der Waals surface area contributed by atoms with Crippen molar-refractivity contribution in [2.75, 3.05) is 29.9 Å². The van der Waals surface area contributed by atoms with E-state index in [4.69, 9.17) is 0 Å². The lowest BCUT2D eigenvalue weighted by Gasteiger charge is -2.35. The highest BCUT2D eigenvalue weighted by molar-refractivity contribution is 7.92. The average molecular weight is 471 g/mol. The molecule has 0 spiro atoms. The van der Waals surface area contributed by atoms with Gasteiger partial charge in [-0.25, -0.2) is 8.42 Å². The summed E-state index contributed by atoms with van der Waals surface area (Å²) in [5.74, 6) is -0.345. The molecule has 1 aliphatic rings. The van der Waals surface area contributed by atoms with E-state index in [2.05, 4.69) is 19.2 Å². The SMILES string of the molecule is Cc1ccc(C(=O)N2CC(C)CC(C)C2)cc1NC(=O)CS(=O)(=O)CCCc1ccccc1. The second-order valence-electron chi connectivity index (χ2n) is 9.42. The van der Waals surface area contributed by atoms with Crippen molar-refractivity contribution < 1.29 is 18.0 Å². The van der Waals surface area contributed by atoms with Gasteiger partial charge in [-0.05, 0) is 61.3 Å². The summed E-state index contributed by atoms with van der Waals surface area (Å²) in [7, 11) is -3.53. The molecule has 0 aliphatic carbocycles. The molecule has 1 aliphatic heterocycles. The van der Waals surface area contributed by atoms with Crippen molar-refractivity contribution in [1.82, 2.24) is 4.90 Å². The Morgan fingerprint density at radius 1 is 1.03 bits per heavy atom. The van der Waals surface area contributed by atoms with E-state index in [1.807, 2.05) is 42.2 Å². The van der Waals surface area contributed by atoms with Crippen LogP contribution in [0, 0.1) is 18.8 Å². The van der Waals surface area contributed by atoms with Gasteiger partial charge in [-0.15, -0.1) is 0 Å². The fourth-order valence-electron chi connectivity index (χ4n) is 4.50. The molecule has 1 saturated heterocycles. The average Bonchev–Trinajstić information content (AvgIpc) is 2.74. The van der Waals surface area contributed by atoms with Crippen molar-refractivity contribution in [2.45, 2.75) is 40.0 Å². The number of anilines is 1. The molecule has 2 atom stereocenters. The van der Waals surface area contributed by atoms with E-state index in [0.29, 0.717) is 35.9 Å². The van der Waals surface area contributed by atoms with E-state index < -0.39 is 21.5 Å². The van der Waals surface area contributed by atoms with Gasteiger partial charge < -0.3 is 10.2 Å². The molecule has 2 aromatic rings. The predicted molar refractivity (Wildman–Crippen MR) is 132 cm³/mol. The Balaban J connectivity index is 1.59.